The summed E-state index contributed by atoms with van der Waals surface area (Å²) in [4.78, 5) is 0. The van der Waals surface area contributed by atoms with Gasteiger partial charge < -0.3 is 0 Å². The van der Waals surface area contributed by atoms with E-state index in [2.05, 4.69) is 31.2 Å². The van der Waals surface area contributed by atoms with Crippen molar-refractivity contribution in [1.82, 2.24) is 0 Å². The van der Waals surface area contributed by atoms with Gasteiger partial charge in [-0.3, -0.25) is 0 Å². The monoisotopic (exact) mass is 158 g/mol. The van der Waals surface area contributed by atoms with Crippen LogP contribution in [-0.4, -0.2) is 0 Å². The molecule has 62 valence electrons. The lowest BCUT2D eigenvalue weighted by Crippen LogP contribution is -2.00. The molecule has 3 unspecified atom stereocenters. The molecule has 0 bridgehead atoms. The third-order valence-electron chi connectivity index (χ3n) is 3.72. The van der Waals surface area contributed by atoms with Crippen molar-refractivity contribution in [2.24, 2.45) is 11.8 Å². The SMILES string of the molecule is CC1C2CCc3ccccc3C12. The summed E-state index contributed by atoms with van der Waals surface area (Å²) < 4.78 is 0. The van der Waals surface area contributed by atoms with Crippen molar-refractivity contribution in [2.75, 3.05) is 0 Å². The molecule has 0 heteroatoms. The van der Waals surface area contributed by atoms with Gasteiger partial charge in [0.25, 0.3) is 0 Å². The molecule has 0 aliphatic heterocycles. The first-order chi connectivity index (χ1) is 5.88. The molecule has 0 spiro atoms. The maximum Gasteiger partial charge on any atom is -0.00994 e. The Morgan fingerprint density at radius 2 is 2.08 bits per heavy atom. The van der Waals surface area contributed by atoms with Crippen LogP contribution in [0.15, 0.2) is 24.3 Å². The van der Waals surface area contributed by atoms with Crippen LogP contribution in [-0.2, 0) is 6.42 Å². The average Bonchev–Trinajstić information content (AvgIpc) is 2.78. The zero-order valence-corrected chi connectivity index (χ0v) is 7.46. The molecule has 0 saturated heterocycles. The third-order valence-corrected chi connectivity index (χ3v) is 3.72. The highest BCUT2D eigenvalue weighted by Crippen LogP contribution is 2.59. The fraction of sp³-hybridized carbons (Fsp3) is 0.500. The number of hydrogen-bond acceptors (Lipinski definition) is 0. The van der Waals surface area contributed by atoms with Crippen LogP contribution in [0.25, 0.3) is 0 Å². The average molecular weight is 158 g/mol. The fourth-order valence-corrected chi connectivity index (χ4v) is 2.91. The highest BCUT2D eigenvalue weighted by atomic mass is 14.5. The van der Waals surface area contributed by atoms with Crippen molar-refractivity contribution < 1.29 is 0 Å². The minimum Gasteiger partial charge on any atom is -0.0620 e. The zero-order valence-electron chi connectivity index (χ0n) is 7.46. The second-order valence-corrected chi connectivity index (χ2v) is 4.29. The van der Waals surface area contributed by atoms with Gasteiger partial charge in [0.1, 0.15) is 0 Å². The van der Waals surface area contributed by atoms with Crippen molar-refractivity contribution in [2.45, 2.75) is 25.7 Å². The maximum absolute atomic E-state index is 2.40. The van der Waals surface area contributed by atoms with Crippen molar-refractivity contribution in [3.05, 3.63) is 35.4 Å². The number of aryl methyl sites for hydroxylation is 1. The van der Waals surface area contributed by atoms with Gasteiger partial charge in [-0.05, 0) is 41.7 Å². The number of fused-ring (bicyclic) bond motifs is 3. The summed E-state index contributed by atoms with van der Waals surface area (Å²) in [5, 5.41) is 0. The van der Waals surface area contributed by atoms with Gasteiger partial charge in [-0.2, -0.15) is 0 Å². The lowest BCUT2D eigenvalue weighted by molar-refractivity contribution is 0.646. The Bertz CT molecular complexity index is 314. The van der Waals surface area contributed by atoms with Crippen LogP contribution in [0.1, 0.15) is 30.4 Å². The van der Waals surface area contributed by atoms with Crippen LogP contribution in [0, 0.1) is 11.8 Å². The van der Waals surface area contributed by atoms with Crippen LogP contribution in [0.4, 0.5) is 0 Å². The maximum atomic E-state index is 2.40. The Balaban J connectivity index is 2.10. The van der Waals surface area contributed by atoms with E-state index < -0.39 is 0 Å². The van der Waals surface area contributed by atoms with Crippen molar-refractivity contribution in [1.29, 1.82) is 0 Å². The second kappa shape index (κ2) is 2.12. The molecule has 12 heavy (non-hydrogen) atoms. The van der Waals surface area contributed by atoms with E-state index in [0.717, 1.165) is 17.8 Å². The van der Waals surface area contributed by atoms with Gasteiger partial charge in [0, 0.05) is 0 Å². The molecule has 1 saturated carbocycles. The summed E-state index contributed by atoms with van der Waals surface area (Å²) in [7, 11) is 0. The van der Waals surface area contributed by atoms with Crippen LogP contribution in [0.3, 0.4) is 0 Å². The van der Waals surface area contributed by atoms with Gasteiger partial charge in [0.15, 0.2) is 0 Å². The molecule has 3 rings (SSSR count). The Kier molecular flexibility index (Phi) is 1.19. The molecule has 0 amide bonds. The highest BCUT2D eigenvalue weighted by Gasteiger charge is 2.49. The Hall–Kier alpha value is -0.780. The highest BCUT2D eigenvalue weighted by molar-refractivity contribution is 5.38. The largest absolute Gasteiger partial charge is 0.0620 e. The van der Waals surface area contributed by atoms with Gasteiger partial charge in [-0.15, -0.1) is 0 Å². The predicted octanol–water partition coefficient (Wildman–Crippen LogP) is 2.98. The van der Waals surface area contributed by atoms with Crippen molar-refractivity contribution >= 4 is 0 Å². The number of hydrogen-bond donors (Lipinski definition) is 0. The predicted molar refractivity (Wildman–Crippen MR) is 50.2 cm³/mol. The minimum absolute atomic E-state index is 0.926. The molecule has 0 aromatic heterocycles. The van der Waals surface area contributed by atoms with Gasteiger partial charge in [0.2, 0.25) is 0 Å². The second-order valence-electron chi connectivity index (χ2n) is 4.29. The van der Waals surface area contributed by atoms with E-state index in [-0.39, 0.29) is 0 Å². The zero-order chi connectivity index (χ0) is 8.13. The van der Waals surface area contributed by atoms with Crippen molar-refractivity contribution in [3.63, 3.8) is 0 Å². The molecule has 2 aliphatic carbocycles. The summed E-state index contributed by atoms with van der Waals surface area (Å²) >= 11 is 0. The third kappa shape index (κ3) is 0.730. The standard InChI is InChI=1S/C12H14/c1-8-10-7-6-9-4-2-3-5-11(9)12(8)10/h2-5,8,10,12H,6-7H2,1H3. The van der Waals surface area contributed by atoms with Gasteiger partial charge in [0.05, 0.1) is 0 Å². The molecule has 0 radical (unpaired) electrons. The van der Waals surface area contributed by atoms with Crippen LogP contribution in [0.5, 0.6) is 0 Å². The minimum atomic E-state index is 0.926. The Labute approximate surface area is 73.6 Å². The first kappa shape index (κ1) is 6.71. The molecule has 0 N–H and O–H groups in total. The van der Waals surface area contributed by atoms with E-state index in [1.54, 1.807) is 11.1 Å². The summed E-state index contributed by atoms with van der Waals surface area (Å²) in [6, 6.07) is 8.99. The first-order valence-electron chi connectivity index (χ1n) is 4.96. The Morgan fingerprint density at radius 3 is 3.00 bits per heavy atom. The molecular weight excluding hydrogens is 144 g/mol. The van der Waals surface area contributed by atoms with E-state index in [1.807, 2.05) is 0 Å². The van der Waals surface area contributed by atoms with E-state index in [4.69, 9.17) is 0 Å². The summed E-state index contributed by atoms with van der Waals surface area (Å²) in [6.07, 6.45) is 2.75. The summed E-state index contributed by atoms with van der Waals surface area (Å²) in [5.41, 5.74) is 3.27. The van der Waals surface area contributed by atoms with Crippen molar-refractivity contribution in [3.8, 4) is 0 Å². The van der Waals surface area contributed by atoms with E-state index >= 15 is 0 Å². The first-order valence-corrected chi connectivity index (χ1v) is 4.96. The quantitative estimate of drug-likeness (QED) is 0.544. The molecule has 1 fully saturated rings. The normalized spacial score (nSPS) is 36.9. The topological polar surface area (TPSA) is 0 Å². The van der Waals surface area contributed by atoms with Gasteiger partial charge in [-0.25, -0.2) is 0 Å². The lowest BCUT2D eigenvalue weighted by atomic mass is 9.92. The summed E-state index contributed by atoms with van der Waals surface area (Å²) in [6.45, 7) is 2.40. The number of rotatable bonds is 0. The van der Waals surface area contributed by atoms with E-state index in [0.29, 0.717) is 0 Å². The summed E-state index contributed by atoms with van der Waals surface area (Å²) in [5.74, 6) is 2.92. The number of benzene rings is 1. The molecule has 1 aromatic rings. The lowest BCUT2D eigenvalue weighted by Gasteiger charge is -2.13. The fourth-order valence-electron chi connectivity index (χ4n) is 2.91. The van der Waals surface area contributed by atoms with Gasteiger partial charge >= 0.3 is 0 Å². The van der Waals surface area contributed by atoms with Crippen LogP contribution >= 0.6 is 0 Å². The van der Waals surface area contributed by atoms with Crippen LogP contribution in [0.2, 0.25) is 0 Å². The molecule has 1 aromatic carbocycles. The van der Waals surface area contributed by atoms with E-state index in [9.17, 15) is 0 Å². The molecule has 0 nitrogen and oxygen atoms in total. The Morgan fingerprint density at radius 1 is 1.25 bits per heavy atom. The van der Waals surface area contributed by atoms with Gasteiger partial charge in [-0.1, -0.05) is 31.2 Å². The molecule has 3 atom stereocenters. The molecule has 2 aliphatic rings. The smallest absolute Gasteiger partial charge is 0.00994 e. The molecular formula is C12H14. The van der Waals surface area contributed by atoms with E-state index in [1.165, 1.54) is 12.8 Å². The molecule has 0 heterocycles. The van der Waals surface area contributed by atoms with Crippen LogP contribution < -0.4 is 0 Å².